The van der Waals surface area contributed by atoms with Gasteiger partial charge in [0.2, 0.25) is 0 Å². The second-order valence-corrected chi connectivity index (χ2v) is 13.9. The Balaban J connectivity index is 1.27. The average molecular weight is 668 g/mol. The highest BCUT2D eigenvalue weighted by molar-refractivity contribution is 7.26. The molecule has 0 fully saturated rings. The fourth-order valence-electron chi connectivity index (χ4n) is 7.36. The summed E-state index contributed by atoms with van der Waals surface area (Å²) in [5.41, 5.74) is 7.60. The lowest BCUT2D eigenvalue weighted by Gasteiger charge is -2.16. The van der Waals surface area contributed by atoms with Crippen LogP contribution in [0.4, 0.5) is 0 Å². The van der Waals surface area contributed by atoms with Crippen molar-refractivity contribution >= 4 is 53.1 Å². The highest BCUT2D eigenvalue weighted by Crippen LogP contribution is 2.45. The lowest BCUT2D eigenvalue weighted by Crippen LogP contribution is -2.00. The molecule has 10 rings (SSSR count). The molecule has 0 aliphatic heterocycles. The molecule has 0 unspecified atom stereocenters. The Kier molecular flexibility index (Phi) is 7.00. The molecular formula is C47H29N3S. The lowest BCUT2D eigenvalue weighted by atomic mass is 9.88. The van der Waals surface area contributed by atoms with E-state index >= 15 is 0 Å². The molecule has 0 amide bonds. The molecule has 4 heteroatoms. The zero-order valence-corrected chi connectivity index (χ0v) is 28.3. The van der Waals surface area contributed by atoms with Crippen LogP contribution in [0.15, 0.2) is 176 Å². The largest absolute Gasteiger partial charge is 0.208 e. The van der Waals surface area contributed by atoms with Gasteiger partial charge < -0.3 is 0 Å². The molecule has 2 heterocycles. The second kappa shape index (κ2) is 12.1. The molecule has 0 spiro atoms. The van der Waals surface area contributed by atoms with Gasteiger partial charge in [-0.1, -0.05) is 152 Å². The Morgan fingerprint density at radius 3 is 1.59 bits per heavy atom. The predicted molar refractivity (Wildman–Crippen MR) is 215 cm³/mol. The van der Waals surface area contributed by atoms with E-state index in [9.17, 15) is 0 Å². The predicted octanol–water partition coefficient (Wildman–Crippen LogP) is 12.9. The van der Waals surface area contributed by atoms with E-state index in [1.54, 1.807) is 0 Å². The van der Waals surface area contributed by atoms with Gasteiger partial charge in [-0.25, -0.2) is 15.0 Å². The van der Waals surface area contributed by atoms with Gasteiger partial charge in [0.1, 0.15) is 0 Å². The Morgan fingerprint density at radius 2 is 0.863 bits per heavy atom. The Hall–Kier alpha value is -6.49. The Labute approximate surface area is 299 Å². The third-order valence-electron chi connectivity index (χ3n) is 9.72. The van der Waals surface area contributed by atoms with Gasteiger partial charge in [-0.3, -0.25) is 0 Å². The number of fused-ring (bicyclic) bond motifs is 6. The molecule has 238 valence electrons. The van der Waals surface area contributed by atoms with Crippen molar-refractivity contribution in [2.24, 2.45) is 0 Å². The first-order valence-corrected chi connectivity index (χ1v) is 17.9. The molecule has 0 saturated heterocycles. The zero-order valence-electron chi connectivity index (χ0n) is 27.5. The second-order valence-electron chi connectivity index (χ2n) is 12.8. The van der Waals surface area contributed by atoms with E-state index in [4.69, 9.17) is 15.0 Å². The summed E-state index contributed by atoms with van der Waals surface area (Å²) >= 11 is 1.82. The normalized spacial score (nSPS) is 11.5. The van der Waals surface area contributed by atoms with E-state index in [0.717, 1.165) is 27.6 Å². The lowest BCUT2D eigenvalue weighted by molar-refractivity contribution is 1.08. The van der Waals surface area contributed by atoms with Crippen LogP contribution in [0, 0.1) is 0 Å². The first kappa shape index (κ1) is 29.4. The molecule has 0 saturated carbocycles. The van der Waals surface area contributed by atoms with Crippen LogP contribution in [0.1, 0.15) is 0 Å². The van der Waals surface area contributed by atoms with Crippen molar-refractivity contribution in [2.45, 2.75) is 0 Å². The van der Waals surface area contributed by atoms with Gasteiger partial charge in [-0.05, 0) is 68.1 Å². The van der Waals surface area contributed by atoms with Crippen LogP contribution in [0.25, 0.3) is 98.1 Å². The van der Waals surface area contributed by atoms with Gasteiger partial charge in [0.15, 0.2) is 17.5 Å². The van der Waals surface area contributed by atoms with E-state index in [2.05, 4.69) is 140 Å². The molecule has 0 bridgehead atoms. The first-order valence-electron chi connectivity index (χ1n) is 17.1. The number of benzene rings is 8. The summed E-state index contributed by atoms with van der Waals surface area (Å²) in [6, 6.07) is 62.2. The first-order chi connectivity index (χ1) is 25.3. The van der Waals surface area contributed by atoms with Crippen molar-refractivity contribution in [1.82, 2.24) is 15.0 Å². The topological polar surface area (TPSA) is 38.7 Å². The van der Waals surface area contributed by atoms with E-state index in [1.807, 2.05) is 47.7 Å². The van der Waals surface area contributed by atoms with Crippen LogP contribution >= 0.6 is 11.3 Å². The van der Waals surface area contributed by atoms with Crippen LogP contribution in [0.3, 0.4) is 0 Å². The van der Waals surface area contributed by atoms with Crippen molar-refractivity contribution in [3.8, 4) is 56.4 Å². The summed E-state index contributed by atoms with van der Waals surface area (Å²) in [4.78, 5) is 15.4. The molecule has 2 aromatic heterocycles. The Bertz CT molecular complexity index is 2860. The molecule has 3 nitrogen and oxygen atoms in total. The fourth-order valence-corrected chi connectivity index (χ4v) is 8.53. The molecule has 8 aromatic carbocycles. The quantitative estimate of drug-likeness (QED) is 0.171. The SMILES string of the molecule is c1ccc(-c2nc(-c3ccccc3)nc(-c3cc(-c4ccccc4-c4cc5ccccc5c5ccccc45)cc4sc5ccccc5c34)n2)cc1. The molecule has 0 N–H and O–H groups in total. The standard InChI is InChI=1S/C47H29N3S/c1-3-15-30(16-4-1)45-48-46(31-17-5-2-6-18-31)50-47(49-45)41-28-33(29-43-44(41)39-25-13-14-26-42(39)51-43)35-21-9-10-23-37(35)40-27-32-19-7-8-20-34(32)36-22-11-12-24-38(36)40/h1-29H. The minimum Gasteiger partial charge on any atom is -0.208 e. The summed E-state index contributed by atoms with van der Waals surface area (Å²) in [6.45, 7) is 0. The average Bonchev–Trinajstić information content (AvgIpc) is 3.59. The van der Waals surface area contributed by atoms with Crippen LogP contribution in [0.2, 0.25) is 0 Å². The number of thiophene rings is 1. The van der Waals surface area contributed by atoms with E-state index in [-0.39, 0.29) is 0 Å². The summed E-state index contributed by atoms with van der Waals surface area (Å²) in [7, 11) is 0. The minimum atomic E-state index is 0.653. The van der Waals surface area contributed by atoms with Gasteiger partial charge >= 0.3 is 0 Å². The third-order valence-corrected chi connectivity index (χ3v) is 10.8. The van der Waals surface area contributed by atoms with Gasteiger partial charge in [-0.15, -0.1) is 11.3 Å². The summed E-state index contributed by atoms with van der Waals surface area (Å²) in [5.74, 6) is 1.97. The molecule has 0 aliphatic carbocycles. The number of hydrogen-bond acceptors (Lipinski definition) is 4. The molecule has 0 atom stereocenters. The van der Waals surface area contributed by atoms with Crippen LogP contribution < -0.4 is 0 Å². The smallest absolute Gasteiger partial charge is 0.164 e. The van der Waals surface area contributed by atoms with E-state index in [1.165, 1.54) is 53.0 Å². The van der Waals surface area contributed by atoms with E-state index in [0.29, 0.717) is 17.5 Å². The molecular weight excluding hydrogens is 639 g/mol. The zero-order chi connectivity index (χ0) is 33.7. The van der Waals surface area contributed by atoms with Crippen molar-refractivity contribution in [3.63, 3.8) is 0 Å². The van der Waals surface area contributed by atoms with Gasteiger partial charge in [0.05, 0.1) is 0 Å². The van der Waals surface area contributed by atoms with Crippen LogP contribution in [-0.2, 0) is 0 Å². The number of rotatable bonds is 5. The fraction of sp³-hybridized carbons (Fsp3) is 0. The van der Waals surface area contributed by atoms with E-state index < -0.39 is 0 Å². The number of nitrogens with zero attached hydrogens (tertiary/aromatic N) is 3. The maximum Gasteiger partial charge on any atom is 0.164 e. The third kappa shape index (κ3) is 5.08. The number of hydrogen-bond donors (Lipinski definition) is 0. The van der Waals surface area contributed by atoms with Crippen molar-refractivity contribution in [2.75, 3.05) is 0 Å². The monoisotopic (exact) mass is 667 g/mol. The summed E-state index contributed by atoms with van der Waals surface area (Å²) < 4.78 is 2.44. The van der Waals surface area contributed by atoms with Crippen LogP contribution in [-0.4, -0.2) is 15.0 Å². The van der Waals surface area contributed by atoms with Gasteiger partial charge in [-0.2, -0.15) is 0 Å². The molecule has 10 aromatic rings. The molecule has 51 heavy (non-hydrogen) atoms. The summed E-state index contributed by atoms with van der Waals surface area (Å²) in [6.07, 6.45) is 0. The maximum absolute atomic E-state index is 5.21. The van der Waals surface area contributed by atoms with Gasteiger partial charge in [0, 0.05) is 36.9 Å². The van der Waals surface area contributed by atoms with Crippen molar-refractivity contribution in [3.05, 3.63) is 176 Å². The van der Waals surface area contributed by atoms with Crippen molar-refractivity contribution < 1.29 is 0 Å². The highest BCUT2D eigenvalue weighted by Gasteiger charge is 2.20. The van der Waals surface area contributed by atoms with Crippen LogP contribution in [0.5, 0.6) is 0 Å². The molecule has 0 radical (unpaired) electrons. The van der Waals surface area contributed by atoms with Gasteiger partial charge in [0.25, 0.3) is 0 Å². The van der Waals surface area contributed by atoms with Crippen molar-refractivity contribution in [1.29, 1.82) is 0 Å². The summed E-state index contributed by atoms with van der Waals surface area (Å²) in [5, 5.41) is 7.36. The highest BCUT2D eigenvalue weighted by atomic mass is 32.1. The Morgan fingerprint density at radius 1 is 0.314 bits per heavy atom. The minimum absolute atomic E-state index is 0.653. The maximum atomic E-state index is 5.21. The number of aromatic nitrogens is 3. The molecule has 0 aliphatic rings.